The molecule has 0 atom stereocenters. The summed E-state index contributed by atoms with van der Waals surface area (Å²) in [5.74, 6) is 1.57. The SMILES string of the molecule is COc1ccc(OC)c(CCN(C)N=O)c1. The van der Waals surface area contributed by atoms with Crippen molar-refractivity contribution in [3.8, 4) is 11.5 Å². The topological polar surface area (TPSA) is 51.1 Å². The van der Waals surface area contributed by atoms with E-state index in [0.29, 0.717) is 13.0 Å². The third kappa shape index (κ3) is 3.12. The lowest BCUT2D eigenvalue weighted by molar-refractivity contribution is 0.348. The number of rotatable bonds is 6. The molecule has 0 aliphatic carbocycles. The maximum atomic E-state index is 10.2. The Labute approximate surface area is 94.9 Å². The normalized spacial score (nSPS) is 9.69. The third-order valence-corrected chi connectivity index (χ3v) is 2.33. The molecule has 0 saturated carbocycles. The van der Waals surface area contributed by atoms with Crippen LogP contribution in [0.25, 0.3) is 0 Å². The van der Waals surface area contributed by atoms with Crippen molar-refractivity contribution in [2.24, 2.45) is 5.29 Å². The minimum atomic E-state index is 0.549. The summed E-state index contributed by atoms with van der Waals surface area (Å²) in [6, 6.07) is 5.59. The van der Waals surface area contributed by atoms with Crippen LogP contribution in [-0.4, -0.2) is 32.8 Å². The fourth-order valence-corrected chi connectivity index (χ4v) is 1.40. The molecule has 5 nitrogen and oxygen atoms in total. The van der Waals surface area contributed by atoms with Crippen molar-refractivity contribution in [3.05, 3.63) is 28.7 Å². The van der Waals surface area contributed by atoms with Gasteiger partial charge < -0.3 is 9.47 Å². The highest BCUT2D eigenvalue weighted by Crippen LogP contribution is 2.24. The highest BCUT2D eigenvalue weighted by molar-refractivity contribution is 5.40. The van der Waals surface area contributed by atoms with Crippen molar-refractivity contribution in [1.82, 2.24) is 5.01 Å². The van der Waals surface area contributed by atoms with Gasteiger partial charge in [0, 0.05) is 13.6 Å². The van der Waals surface area contributed by atoms with Crippen LogP contribution in [0.2, 0.25) is 0 Å². The van der Waals surface area contributed by atoms with Crippen LogP contribution in [-0.2, 0) is 6.42 Å². The predicted molar refractivity (Wildman–Crippen MR) is 61.7 cm³/mol. The molecule has 0 saturated heterocycles. The van der Waals surface area contributed by atoms with E-state index in [1.165, 1.54) is 5.01 Å². The molecule has 0 spiro atoms. The van der Waals surface area contributed by atoms with Crippen LogP contribution in [0.5, 0.6) is 11.5 Å². The van der Waals surface area contributed by atoms with Crippen LogP contribution in [0.4, 0.5) is 0 Å². The lowest BCUT2D eigenvalue weighted by Gasteiger charge is -2.12. The second-order valence-corrected chi connectivity index (χ2v) is 3.39. The molecular formula is C11H16N2O3. The zero-order valence-corrected chi connectivity index (χ0v) is 9.77. The molecule has 0 bridgehead atoms. The number of hydrogen-bond acceptors (Lipinski definition) is 4. The van der Waals surface area contributed by atoms with E-state index in [4.69, 9.17) is 9.47 Å². The van der Waals surface area contributed by atoms with Gasteiger partial charge in [0.25, 0.3) is 0 Å². The van der Waals surface area contributed by atoms with Gasteiger partial charge in [0.15, 0.2) is 0 Å². The zero-order valence-electron chi connectivity index (χ0n) is 9.77. The van der Waals surface area contributed by atoms with Gasteiger partial charge in [0.05, 0.1) is 19.5 Å². The Morgan fingerprint density at radius 1 is 1.31 bits per heavy atom. The first-order valence-corrected chi connectivity index (χ1v) is 4.96. The van der Waals surface area contributed by atoms with Gasteiger partial charge in [-0.25, -0.2) is 0 Å². The third-order valence-electron chi connectivity index (χ3n) is 2.33. The van der Waals surface area contributed by atoms with Crippen molar-refractivity contribution in [2.45, 2.75) is 6.42 Å². The summed E-state index contributed by atoms with van der Waals surface area (Å²) < 4.78 is 10.4. The summed E-state index contributed by atoms with van der Waals surface area (Å²) in [7, 11) is 4.87. The highest BCUT2D eigenvalue weighted by atomic mass is 16.5. The van der Waals surface area contributed by atoms with Gasteiger partial charge in [-0.3, -0.25) is 5.01 Å². The second-order valence-electron chi connectivity index (χ2n) is 3.39. The van der Waals surface area contributed by atoms with Gasteiger partial charge in [-0.2, -0.15) is 0 Å². The summed E-state index contributed by atoms with van der Waals surface area (Å²) in [6.07, 6.45) is 0.683. The molecular weight excluding hydrogens is 208 g/mol. The Hall–Kier alpha value is -1.78. The number of benzene rings is 1. The van der Waals surface area contributed by atoms with E-state index in [1.54, 1.807) is 21.3 Å². The number of methoxy groups -OCH3 is 2. The van der Waals surface area contributed by atoms with E-state index in [-0.39, 0.29) is 0 Å². The highest BCUT2D eigenvalue weighted by Gasteiger charge is 2.06. The van der Waals surface area contributed by atoms with E-state index in [1.807, 2.05) is 18.2 Å². The molecule has 88 valence electrons. The molecule has 0 aliphatic heterocycles. The zero-order chi connectivity index (χ0) is 12.0. The Bertz CT molecular complexity index is 355. The average molecular weight is 224 g/mol. The number of likely N-dealkylation sites (N-methyl/N-ethyl adjacent to an activating group) is 1. The van der Waals surface area contributed by atoms with Gasteiger partial charge in [0.1, 0.15) is 11.5 Å². The van der Waals surface area contributed by atoms with E-state index in [2.05, 4.69) is 5.29 Å². The van der Waals surface area contributed by atoms with Crippen molar-refractivity contribution in [1.29, 1.82) is 0 Å². The maximum Gasteiger partial charge on any atom is 0.122 e. The number of ether oxygens (including phenoxy) is 2. The summed E-state index contributed by atoms with van der Waals surface area (Å²) in [5.41, 5.74) is 0.998. The summed E-state index contributed by atoms with van der Waals surface area (Å²) in [4.78, 5) is 10.2. The fourth-order valence-electron chi connectivity index (χ4n) is 1.40. The van der Waals surface area contributed by atoms with Crippen molar-refractivity contribution < 1.29 is 9.47 Å². The molecule has 1 aromatic rings. The quantitative estimate of drug-likeness (QED) is 0.546. The lowest BCUT2D eigenvalue weighted by atomic mass is 10.1. The number of hydrogen-bond donors (Lipinski definition) is 0. The van der Waals surface area contributed by atoms with Gasteiger partial charge in [-0.1, -0.05) is 0 Å². The summed E-state index contributed by atoms with van der Waals surface area (Å²) in [6.45, 7) is 0.549. The van der Waals surface area contributed by atoms with Gasteiger partial charge in [0.2, 0.25) is 0 Å². The summed E-state index contributed by atoms with van der Waals surface area (Å²) >= 11 is 0. The Kier molecular flexibility index (Phi) is 4.57. The molecule has 1 aromatic carbocycles. The van der Waals surface area contributed by atoms with Crippen LogP contribution in [0.15, 0.2) is 23.5 Å². The molecule has 0 aromatic heterocycles. The van der Waals surface area contributed by atoms with Crippen LogP contribution >= 0.6 is 0 Å². The van der Waals surface area contributed by atoms with Gasteiger partial charge >= 0.3 is 0 Å². The fraction of sp³-hybridized carbons (Fsp3) is 0.455. The van der Waals surface area contributed by atoms with Crippen LogP contribution in [0, 0.1) is 4.91 Å². The summed E-state index contributed by atoms with van der Waals surface area (Å²) in [5, 5.41) is 4.16. The average Bonchev–Trinajstić information content (AvgIpc) is 2.35. The standard InChI is InChI=1S/C11H16N2O3/c1-13(12-14)7-6-9-8-10(15-2)4-5-11(9)16-3/h4-5,8H,6-7H2,1-3H3. The Morgan fingerprint density at radius 3 is 2.62 bits per heavy atom. The smallest absolute Gasteiger partial charge is 0.122 e. The van der Waals surface area contributed by atoms with E-state index in [0.717, 1.165) is 17.1 Å². The molecule has 16 heavy (non-hydrogen) atoms. The van der Waals surface area contributed by atoms with Crippen molar-refractivity contribution in [3.63, 3.8) is 0 Å². The number of nitroso groups, excluding NO2 is 1. The Balaban J connectivity index is 2.78. The molecule has 0 aliphatic rings. The largest absolute Gasteiger partial charge is 0.497 e. The molecule has 0 heterocycles. The van der Waals surface area contributed by atoms with E-state index >= 15 is 0 Å². The molecule has 0 N–H and O–H groups in total. The van der Waals surface area contributed by atoms with E-state index < -0.39 is 0 Å². The first-order valence-electron chi connectivity index (χ1n) is 4.96. The molecule has 1 rings (SSSR count). The Morgan fingerprint density at radius 2 is 2.06 bits per heavy atom. The van der Waals surface area contributed by atoms with Crippen LogP contribution in [0.3, 0.4) is 0 Å². The van der Waals surface area contributed by atoms with E-state index in [9.17, 15) is 4.91 Å². The predicted octanol–water partition coefficient (Wildman–Crippen LogP) is 1.86. The van der Waals surface area contributed by atoms with Crippen LogP contribution < -0.4 is 9.47 Å². The van der Waals surface area contributed by atoms with Gasteiger partial charge in [-0.15, -0.1) is 4.91 Å². The van der Waals surface area contributed by atoms with Crippen molar-refractivity contribution in [2.75, 3.05) is 27.8 Å². The minimum absolute atomic E-state index is 0.549. The molecule has 0 unspecified atom stereocenters. The first kappa shape index (κ1) is 12.3. The minimum Gasteiger partial charge on any atom is -0.497 e. The molecule has 0 radical (unpaired) electrons. The second kappa shape index (κ2) is 5.95. The maximum absolute atomic E-state index is 10.2. The first-order chi connectivity index (χ1) is 7.71. The molecule has 5 heteroatoms. The molecule has 0 amide bonds. The van der Waals surface area contributed by atoms with Crippen LogP contribution in [0.1, 0.15) is 5.56 Å². The molecule has 0 fully saturated rings. The monoisotopic (exact) mass is 224 g/mol. The van der Waals surface area contributed by atoms with Gasteiger partial charge in [-0.05, 0) is 30.2 Å². The lowest BCUT2D eigenvalue weighted by Crippen LogP contribution is -2.14. The number of nitrogens with zero attached hydrogens (tertiary/aromatic N) is 2. The van der Waals surface area contributed by atoms with Crippen molar-refractivity contribution >= 4 is 0 Å².